The van der Waals surface area contributed by atoms with Crippen molar-refractivity contribution in [2.75, 3.05) is 39.0 Å². The highest BCUT2D eigenvalue weighted by Gasteiger charge is 2.25. The fourth-order valence-electron chi connectivity index (χ4n) is 3.69. The van der Waals surface area contributed by atoms with Crippen LogP contribution in [0.15, 0.2) is 57.7 Å². The quantitative estimate of drug-likeness (QED) is 0.285. The number of guanidine groups is 1. The lowest BCUT2D eigenvalue weighted by atomic mass is 9.97. The lowest BCUT2D eigenvalue weighted by Crippen LogP contribution is -2.45. The molecular formula is C22H33IN4O2S2. The summed E-state index contributed by atoms with van der Waals surface area (Å²) in [6.07, 6.45) is 2.46. The molecule has 1 atom stereocenters. The molecule has 0 radical (unpaired) electrons. The van der Waals surface area contributed by atoms with E-state index in [2.05, 4.69) is 45.0 Å². The summed E-state index contributed by atoms with van der Waals surface area (Å²) < 4.78 is 24.9. The van der Waals surface area contributed by atoms with Crippen LogP contribution in [-0.2, 0) is 9.84 Å². The van der Waals surface area contributed by atoms with Crippen molar-refractivity contribution >= 4 is 51.1 Å². The fraction of sp³-hybridized carbons (Fsp3) is 0.500. The average molecular weight is 577 g/mol. The number of nitrogens with zero attached hydrogens (tertiary/aromatic N) is 2. The minimum Gasteiger partial charge on any atom is -0.355 e. The molecule has 9 heteroatoms. The van der Waals surface area contributed by atoms with Gasteiger partial charge in [-0.2, -0.15) is 0 Å². The highest BCUT2D eigenvalue weighted by atomic mass is 127. The van der Waals surface area contributed by atoms with Crippen molar-refractivity contribution in [3.63, 3.8) is 0 Å². The minimum atomic E-state index is -3.31. The van der Waals surface area contributed by atoms with Gasteiger partial charge in [0.25, 0.3) is 0 Å². The molecule has 1 aromatic heterocycles. The van der Waals surface area contributed by atoms with Crippen LogP contribution in [-0.4, -0.2) is 58.3 Å². The van der Waals surface area contributed by atoms with Crippen LogP contribution < -0.4 is 10.6 Å². The molecule has 0 amide bonds. The Kier molecular flexibility index (Phi) is 10.7. The molecule has 31 heavy (non-hydrogen) atoms. The molecule has 1 saturated heterocycles. The first kappa shape index (κ1) is 26.1. The van der Waals surface area contributed by atoms with Crippen molar-refractivity contribution in [3.05, 3.63) is 52.7 Å². The van der Waals surface area contributed by atoms with Crippen LogP contribution in [0.5, 0.6) is 0 Å². The van der Waals surface area contributed by atoms with Gasteiger partial charge in [-0.15, -0.1) is 35.3 Å². The molecule has 6 nitrogen and oxygen atoms in total. The van der Waals surface area contributed by atoms with Gasteiger partial charge in [0, 0.05) is 25.0 Å². The molecule has 1 aliphatic rings. The van der Waals surface area contributed by atoms with Crippen LogP contribution in [0.25, 0.3) is 0 Å². The van der Waals surface area contributed by atoms with Gasteiger partial charge in [0.15, 0.2) is 15.8 Å². The van der Waals surface area contributed by atoms with E-state index in [0.29, 0.717) is 23.4 Å². The summed E-state index contributed by atoms with van der Waals surface area (Å²) in [5.41, 5.74) is 0. The predicted molar refractivity (Wildman–Crippen MR) is 140 cm³/mol. The van der Waals surface area contributed by atoms with Gasteiger partial charge >= 0.3 is 0 Å². The molecule has 2 aromatic rings. The zero-order valence-electron chi connectivity index (χ0n) is 18.2. The van der Waals surface area contributed by atoms with Crippen LogP contribution in [0.1, 0.15) is 30.7 Å². The molecule has 1 aromatic carbocycles. The van der Waals surface area contributed by atoms with Crippen LogP contribution in [0, 0.1) is 5.92 Å². The second-order valence-electron chi connectivity index (χ2n) is 7.76. The number of rotatable bonds is 8. The molecular weight excluding hydrogens is 543 g/mol. The van der Waals surface area contributed by atoms with E-state index in [1.54, 1.807) is 42.6 Å². The van der Waals surface area contributed by atoms with Gasteiger partial charge < -0.3 is 10.6 Å². The number of piperidine rings is 1. The SMILES string of the molecule is CN=C(NCCS(=O)(=O)c1ccccc1)NCC(c1cccs1)N1CCC(C)CC1.I. The second kappa shape index (κ2) is 12.8. The van der Waals surface area contributed by atoms with Gasteiger partial charge in [-0.1, -0.05) is 31.2 Å². The van der Waals surface area contributed by atoms with E-state index >= 15 is 0 Å². The van der Waals surface area contributed by atoms with E-state index in [0.717, 1.165) is 25.6 Å². The fourth-order valence-corrected chi connectivity index (χ4v) is 5.73. The maximum atomic E-state index is 12.5. The number of thiophene rings is 1. The monoisotopic (exact) mass is 576 g/mol. The Balaban J connectivity index is 0.00000341. The second-order valence-corrected chi connectivity index (χ2v) is 10.8. The van der Waals surface area contributed by atoms with Crippen molar-refractivity contribution in [3.8, 4) is 0 Å². The lowest BCUT2D eigenvalue weighted by Gasteiger charge is -2.36. The van der Waals surface area contributed by atoms with E-state index in [4.69, 9.17) is 0 Å². The Morgan fingerprint density at radius 3 is 2.48 bits per heavy atom. The van der Waals surface area contributed by atoms with Crippen LogP contribution in [0.4, 0.5) is 0 Å². The van der Waals surface area contributed by atoms with Crippen molar-refractivity contribution in [2.24, 2.45) is 10.9 Å². The molecule has 2 N–H and O–H groups in total. The predicted octanol–water partition coefficient (Wildman–Crippen LogP) is 3.78. The van der Waals surface area contributed by atoms with Gasteiger partial charge in [0.2, 0.25) is 0 Å². The van der Waals surface area contributed by atoms with Crippen molar-refractivity contribution < 1.29 is 8.42 Å². The number of aliphatic imine (C=N–C) groups is 1. The maximum Gasteiger partial charge on any atom is 0.191 e. The molecule has 0 bridgehead atoms. The highest BCUT2D eigenvalue weighted by Crippen LogP contribution is 2.29. The average Bonchev–Trinajstić information content (AvgIpc) is 3.29. The number of benzene rings is 1. The van der Waals surface area contributed by atoms with Crippen LogP contribution in [0.3, 0.4) is 0 Å². The Labute approximate surface area is 207 Å². The van der Waals surface area contributed by atoms with E-state index < -0.39 is 9.84 Å². The smallest absolute Gasteiger partial charge is 0.191 e. The first-order valence-corrected chi connectivity index (χ1v) is 13.0. The zero-order chi connectivity index (χ0) is 21.4. The summed E-state index contributed by atoms with van der Waals surface area (Å²) in [6, 6.07) is 13.2. The zero-order valence-corrected chi connectivity index (χ0v) is 22.1. The first-order valence-electron chi connectivity index (χ1n) is 10.5. The summed E-state index contributed by atoms with van der Waals surface area (Å²) in [6.45, 7) is 5.58. The number of sulfone groups is 1. The van der Waals surface area contributed by atoms with Crippen molar-refractivity contribution in [1.82, 2.24) is 15.5 Å². The van der Waals surface area contributed by atoms with Gasteiger partial charge in [-0.3, -0.25) is 9.89 Å². The summed E-state index contributed by atoms with van der Waals surface area (Å²) >= 11 is 1.78. The van der Waals surface area contributed by atoms with E-state index in [1.807, 2.05) is 6.07 Å². The Morgan fingerprint density at radius 1 is 1.16 bits per heavy atom. The van der Waals surface area contributed by atoms with Crippen LogP contribution in [0.2, 0.25) is 0 Å². The number of likely N-dealkylation sites (tertiary alicyclic amines) is 1. The number of halogens is 1. The summed E-state index contributed by atoms with van der Waals surface area (Å²) in [5.74, 6) is 1.44. The molecule has 2 heterocycles. The molecule has 1 fully saturated rings. The highest BCUT2D eigenvalue weighted by molar-refractivity contribution is 14.0. The maximum absolute atomic E-state index is 12.5. The van der Waals surface area contributed by atoms with E-state index in [1.165, 1.54) is 17.7 Å². The Bertz CT molecular complexity index is 897. The van der Waals surface area contributed by atoms with Gasteiger partial charge in [-0.05, 0) is 55.4 Å². The third-order valence-corrected chi connectivity index (χ3v) is 8.29. The van der Waals surface area contributed by atoms with Crippen molar-refractivity contribution in [2.45, 2.75) is 30.7 Å². The summed E-state index contributed by atoms with van der Waals surface area (Å²) in [5, 5.41) is 8.67. The topological polar surface area (TPSA) is 73.8 Å². The third kappa shape index (κ3) is 7.73. The lowest BCUT2D eigenvalue weighted by molar-refractivity contribution is 0.140. The van der Waals surface area contributed by atoms with Crippen LogP contribution >= 0.6 is 35.3 Å². The van der Waals surface area contributed by atoms with Gasteiger partial charge in [0.05, 0.1) is 16.7 Å². The Morgan fingerprint density at radius 2 is 1.87 bits per heavy atom. The summed E-state index contributed by atoms with van der Waals surface area (Å²) in [4.78, 5) is 8.52. The molecule has 3 rings (SSSR count). The molecule has 172 valence electrons. The number of hydrogen-bond acceptors (Lipinski definition) is 5. The van der Waals surface area contributed by atoms with Crippen molar-refractivity contribution in [1.29, 1.82) is 0 Å². The number of hydrogen-bond donors (Lipinski definition) is 2. The largest absolute Gasteiger partial charge is 0.355 e. The van der Waals surface area contributed by atoms with E-state index in [-0.39, 0.29) is 29.7 Å². The molecule has 1 unspecified atom stereocenters. The molecule has 0 spiro atoms. The minimum absolute atomic E-state index is 0. The summed E-state index contributed by atoms with van der Waals surface area (Å²) in [7, 11) is -1.59. The molecule has 0 saturated carbocycles. The first-order chi connectivity index (χ1) is 14.5. The van der Waals surface area contributed by atoms with Gasteiger partial charge in [0.1, 0.15) is 0 Å². The molecule has 0 aliphatic carbocycles. The number of nitrogens with one attached hydrogen (secondary N) is 2. The van der Waals surface area contributed by atoms with E-state index in [9.17, 15) is 8.42 Å². The third-order valence-electron chi connectivity index (χ3n) is 5.58. The standard InChI is InChI=1S/C22H32N4O2S2.HI/c1-18-10-13-26(14-11-18)20(21-9-6-15-29-21)17-25-22(23-2)24-12-16-30(27,28)19-7-4-3-5-8-19;/h3-9,15,18,20H,10-14,16-17H2,1-2H3,(H2,23,24,25);1H. The Hall–Kier alpha value is -1.17. The van der Waals surface area contributed by atoms with Gasteiger partial charge in [-0.25, -0.2) is 8.42 Å². The normalized spacial score (nSPS) is 17.0. The molecule has 1 aliphatic heterocycles.